The highest BCUT2D eigenvalue weighted by Gasteiger charge is 2.45. The van der Waals surface area contributed by atoms with E-state index in [1.165, 1.54) is 16.5 Å². The van der Waals surface area contributed by atoms with Crippen LogP contribution in [0.1, 0.15) is 33.1 Å². The number of hydrogen-bond donors (Lipinski definition) is 2. The first-order valence-electron chi connectivity index (χ1n) is 6.85. The van der Waals surface area contributed by atoms with E-state index in [9.17, 15) is 14.0 Å². The Morgan fingerprint density at radius 1 is 1.36 bits per heavy atom. The summed E-state index contributed by atoms with van der Waals surface area (Å²) < 4.78 is 13.7. The quantitative estimate of drug-likeness (QED) is 0.904. The molecule has 0 bridgehead atoms. The largest absolute Gasteiger partial charge is 0.478 e. The van der Waals surface area contributed by atoms with Crippen molar-refractivity contribution in [2.24, 2.45) is 5.92 Å². The van der Waals surface area contributed by atoms with E-state index >= 15 is 0 Å². The number of carbonyl (C=O) groups excluding carboxylic acids is 1. The van der Waals surface area contributed by atoms with E-state index in [4.69, 9.17) is 5.11 Å². The molecule has 1 amide bonds. The predicted octanol–water partition coefficient (Wildman–Crippen LogP) is 3.64. The molecule has 1 saturated carbocycles. The second-order valence-electron chi connectivity index (χ2n) is 5.41. The van der Waals surface area contributed by atoms with Crippen LogP contribution in [0, 0.1) is 18.7 Å². The van der Waals surface area contributed by atoms with Gasteiger partial charge >= 0.3 is 5.97 Å². The summed E-state index contributed by atoms with van der Waals surface area (Å²) in [5.41, 5.74) is 1.03. The Labute approximate surface area is 130 Å². The molecule has 0 saturated heterocycles. The second-order valence-corrected chi connectivity index (χ2v) is 6.35. The highest BCUT2D eigenvalue weighted by atomic mass is 32.1. The van der Waals surface area contributed by atoms with E-state index in [0.717, 1.165) is 18.6 Å². The predicted molar refractivity (Wildman–Crippen MR) is 81.9 cm³/mol. The Hall–Kier alpha value is -2.21. The van der Waals surface area contributed by atoms with Crippen molar-refractivity contribution in [3.8, 4) is 0 Å². The minimum absolute atomic E-state index is 0.0573. The molecule has 4 nitrogen and oxygen atoms in total. The van der Waals surface area contributed by atoms with Crippen LogP contribution in [0.2, 0.25) is 0 Å². The first kappa shape index (κ1) is 14.7. The molecule has 0 aliphatic heterocycles. The molecule has 0 radical (unpaired) electrons. The van der Waals surface area contributed by atoms with Crippen molar-refractivity contribution in [3.63, 3.8) is 0 Å². The molecule has 1 aliphatic rings. The van der Waals surface area contributed by atoms with Crippen LogP contribution in [0.15, 0.2) is 29.6 Å². The number of carboxylic acids is 1. The Morgan fingerprint density at radius 3 is 2.77 bits per heavy atom. The number of thiophene rings is 1. The third kappa shape index (κ3) is 2.74. The molecule has 1 fully saturated rings. The maximum absolute atomic E-state index is 13.7. The number of carbonyl (C=O) groups is 2. The molecular formula is C16H14FNO3S. The summed E-state index contributed by atoms with van der Waals surface area (Å²) in [5, 5.41) is 13.4. The lowest BCUT2D eigenvalue weighted by atomic mass is 10.1. The van der Waals surface area contributed by atoms with Gasteiger partial charge in [0.25, 0.3) is 0 Å². The molecule has 1 aromatic carbocycles. The van der Waals surface area contributed by atoms with Gasteiger partial charge in [-0.15, -0.1) is 11.3 Å². The number of carboxylic acid groups (broad SMARTS) is 1. The van der Waals surface area contributed by atoms with Crippen LogP contribution in [0.25, 0.3) is 0 Å². The average molecular weight is 319 g/mol. The molecule has 3 rings (SSSR count). The van der Waals surface area contributed by atoms with Gasteiger partial charge in [-0.3, -0.25) is 4.79 Å². The molecule has 6 heteroatoms. The summed E-state index contributed by atoms with van der Waals surface area (Å²) >= 11 is 1.63. The summed E-state index contributed by atoms with van der Waals surface area (Å²) in [6.07, 6.45) is 0.743. The second kappa shape index (κ2) is 5.53. The number of nitrogens with one attached hydrogen (secondary N) is 1. The van der Waals surface area contributed by atoms with E-state index in [1.807, 2.05) is 18.4 Å². The molecule has 2 atom stereocenters. The fourth-order valence-corrected chi connectivity index (χ4v) is 3.63. The Balaban J connectivity index is 1.72. The topological polar surface area (TPSA) is 66.4 Å². The average Bonchev–Trinajstić information content (AvgIpc) is 3.16. The van der Waals surface area contributed by atoms with Crippen molar-refractivity contribution in [2.75, 3.05) is 5.32 Å². The van der Waals surface area contributed by atoms with Crippen molar-refractivity contribution >= 4 is 28.9 Å². The van der Waals surface area contributed by atoms with E-state index in [0.29, 0.717) is 0 Å². The first-order chi connectivity index (χ1) is 10.5. The van der Waals surface area contributed by atoms with Crippen molar-refractivity contribution in [2.45, 2.75) is 19.3 Å². The van der Waals surface area contributed by atoms with Gasteiger partial charge in [-0.1, -0.05) is 0 Å². The molecule has 1 aromatic heterocycles. The van der Waals surface area contributed by atoms with Crippen LogP contribution < -0.4 is 5.32 Å². The zero-order valence-corrected chi connectivity index (χ0v) is 12.6. The lowest BCUT2D eigenvalue weighted by Gasteiger charge is -2.07. The lowest BCUT2D eigenvalue weighted by Crippen LogP contribution is -2.16. The number of halogens is 1. The zero-order valence-electron chi connectivity index (χ0n) is 11.8. The molecule has 2 unspecified atom stereocenters. The normalized spacial score (nSPS) is 19.7. The highest BCUT2D eigenvalue weighted by Crippen LogP contribution is 2.50. The first-order valence-corrected chi connectivity index (χ1v) is 7.73. The van der Waals surface area contributed by atoms with E-state index in [2.05, 4.69) is 5.32 Å². The lowest BCUT2D eigenvalue weighted by molar-refractivity contribution is -0.117. The van der Waals surface area contributed by atoms with E-state index in [-0.39, 0.29) is 29.0 Å². The summed E-state index contributed by atoms with van der Waals surface area (Å²) in [6.45, 7) is 2.01. The van der Waals surface area contributed by atoms with Gasteiger partial charge < -0.3 is 10.4 Å². The molecular weight excluding hydrogens is 305 g/mol. The minimum Gasteiger partial charge on any atom is -0.478 e. The van der Waals surface area contributed by atoms with E-state index < -0.39 is 11.8 Å². The van der Waals surface area contributed by atoms with Gasteiger partial charge in [0.15, 0.2) is 0 Å². The highest BCUT2D eigenvalue weighted by molar-refractivity contribution is 7.10. The third-order valence-corrected chi connectivity index (χ3v) is 4.99. The van der Waals surface area contributed by atoms with Crippen LogP contribution in [-0.2, 0) is 4.79 Å². The number of benzene rings is 1. The fraction of sp³-hybridized carbons (Fsp3) is 0.250. The SMILES string of the molecule is Cc1ccsc1C1CC1C(=O)Nc1cc(C(=O)O)ccc1F. The van der Waals surface area contributed by atoms with Gasteiger partial charge in [-0.25, -0.2) is 9.18 Å². The van der Waals surface area contributed by atoms with Gasteiger partial charge in [0.2, 0.25) is 5.91 Å². The van der Waals surface area contributed by atoms with Crippen LogP contribution in [0.4, 0.5) is 10.1 Å². The minimum atomic E-state index is -1.16. The molecule has 1 aliphatic carbocycles. The van der Waals surface area contributed by atoms with Gasteiger partial charge in [0.05, 0.1) is 11.3 Å². The zero-order chi connectivity index (χ0) is 15.9. The number of aromatic carboxylic acids is 1. The molecule has 22 heavy (non-hydrogen) atoms. The molecule has 2 aromatic rings. The third-order valence-electron chi connectivity index (χ3n) is 3.84. The van der Waals surface area contributed by atoms with Gasteiger partial charge in [0.1, 0.15) is 5.82 Å². The Kier molecular flexibility index (Phi) is 3.70. The van der Waals surface area contributed by atoms with Crippen LogP contribution in [-0.4, -0.2) is 17.0 Å². The van der Waals surface area contributed by atoms with Gasteiger partial charge in [-0.05, 0) is 48.6 Å². The van der Waals surface area contributed by atoms with Crippen molar-refractivity contribution in [3.05, 3.63) is 51.5 Å². The monoisotopic (exact) mass is 319 g/mol. The summed E-state index contributed by atoms with van der Waals surface area (Å²) in [7, 11) is 0. The van der Waals surface area contributed by atoms with Crippen molar-refractivity contribution < 1.29 is 19.1 Å². The molecule has 2 N–H and O–H groups in total. The number of hydrogen-bond acceptors (Lipinski definition) is 3. The maximum Gasteiger partial charge on any atom is 0.335 e. The summed E-state index contributed by atoms with van der Waals surface area (Å²) in [6, 6.07) is 5.38. The number of anilines is 1. The number of rotatable bonds is 4. The Bertz CT molecular complexity index is 756. The molecule has 1 heterocycles. The molecule has 0 spiro atoms. The standard InChI is InChI=1S/C16H14FNO3S/c1-8-4-5-22-14(8)10-7-11(10)15(19)18-13-6-9(16(20)21)2-3-12(13)17/h2-6,10-11H,7H2,1H3,(H,18,19)(H,20,21). The Morgan fingerprint density at radius 2 is 2.14 bits per heavy atom. The van der Waals surface area contributed by atoms with Crippen molar-refractivity contribution in [1.29, 1.82) is 0 Å². The van der Waals surface area contributed by atoms with Crippen LogP contribution in [0.3, 0.4) is 0 Å². The fourth-order valence-electron chi connectivity index (χ4n) is 2.52. The smallest absolute Gasteiger partial charge is 0.335 e. The van der Waals surface area contributed by atoms with Crippen molar-refractivity contribution in [1.82, 2.24) is 0 Å². The number of amides is 1. The maximum atomic E-state index is 13.7. The van der Waals surface area contributed by atoms with Gasteiger partial charge in [-0.2, -0.15) is 0 Å². The molecule has 114 valence electrons. The summed E-state index contributed by atoms with van der Waals surface area (Å²) in [5.74, 6) is -2.05. The van der Waals surface area contributed by atoms with E-state index in [1.54, 1.807) is 11.3 Å². The van der Waals surface area contributed by atoms with Crippen LogP contribution in [0.5, 0.6) is 0 Å². The van der Waals surface area contributed by atoms with Crippen LogP contribution >= 0.6 is 11.3 Å². The summed E-state index contributed by atoms with van der Waals surface area (Å²) in [4.78, 5) is 24.3. The van der Waals surface area contributed by atoms with Gasteiger partial charge in [0, 0.05) is 16.7 Å². The number of aryl methyl sites for hydroxylation is 1.